The molecule has 1 N–H and O–H groups in total. The van der Waals surface area contributed by atoms with Crippen LogP contribution in [0.25, 0.3) is 0 Å². The van der Waals surface area contributed by atoms with Crippen molar-refractivity contribution < 1.29 is 27.5 Å². The summed E-state index contributed by atoms with van der Waals surface area (Å²) in [5.74, 6) is -0.677. The fourth-order valence-electron chi connectivity index (χ4n) is 2.16. The molecule has 0 bridgehead atoms. The molecule has 0 aromatic heterocycles. The fourth-order valence-corrected chi connectivity index (χ4v) is 3.40. The van der Waals surface area contributed by atoms with Crippen molar-refractivity contribution in [1.82, 2.24) is 0 Å². The van der Waals surface area contributed by atoms with Gasteiger partial charge in [-0.05, 0) is 48.5 Å². The monoisotopic (exact) mass is 377 g/mol. The first-order chi connectivity index (χ1) is 12.4. The zero-order valence-electron chi connectivity index (χ0n) is 14.4. The molecule has 1 amide bonds. The summed E-state index contributed by atoms with van der Waals surface area (Å²) < 4.78 is 34.1. The first-order valence-corrected chi connectivity index (χ1v) is 9.36. The number of carbonyl (C=O) groups is 2. The van der Waals surface area contributed by atoms with E-state index in [-0.39, 0.29) is 17.1 Å². The highest BCUT2D eigenvalue weighted by Crippen LogP contribution is 2.17. The number of hydrogen-bond donors (Lipinski definition) is 1. The Labute approximate surface area is 151 Å². The SMILES string of the molecule is COC(=O)c1ccc(NC(=O)CCS(=O)(=O)c2ccc(OC)cc2)cc1. The van der Waals surface area contributed by atoms with Crippen molar-refractivity contribution in [2.45, 2.75) is 11.3 Å². The summed E-state index contributed by atoms with van der Waals surface area (Å²) in [4.78, 5) is 23.5. The smallest absolute Gasteiger partial charge is 0.337 e. The molecule has 0 saturated heterocycles. The summed E-state index contributed by atoms with van der Waals surface area (Å²) in [7, 11) is -0.801. The Bertz CT molecular complexity index is 873. The third kappa shape index (κ3) is 5.06. The number of ether oxygens (including phenoxy) is 2. The zero-order chi connectivity index (χ0) is 19.2. The minimum Gasteiger partial charge on any atom is -0.497 e. The summed E-state index contributed by atoms with van der Waals surface area (Å²) >= 11 is 0. The van der Waals surface area contributed by atoms with E-state index in [1.54, 1.807) is 24.3 Å². The van der Waals surface area contributed by atoms with Gasteiger partial charge in [-0.1, -0.05) is 0 Å². The third-order valence-corrected chi connectivity index (χ3v) is 5.34. The standard InChI is InChI=1S/C18H19NO6S/c1-24-15-7-9-16(10-8-15)26(22,23)12-11-17(20)19-14-5-3-13(4-6-14)18(21)25-2/h3-10H,11-12H2,1-2H3,(H,19,20). The lowest BCUT2D eigenvalue weighted by molar-refractivity contribution is -0.115. The molecule has 7 nitrogen and oxygen atoms in total. The maximum Gasteiger partial charge on any atom is 0.337 e. The lowest BCUT2D eigenvalue weighted by Crippen LogP contribution is -2.17. The molecule has 0 aliphatic carbocycles. The summed E-state index contributed by atoms with van der Waals surface area (Å²) in [5, 5.41) is 2.59. The van der Waals surface area contributed by atoms with E-state index in [4.69, 9.17) is 4.74 Å². The molecule has 2 aromatic carbocycles. The first-order valence-electron chi connectivity index (χ1n) is 7.71. The van der Waals surface area contributed by atoms with Crippen LogP contribution in [-0.2, 0) is 19.4 Å². The van der Waals surface area contributed by atoms with Crippen LogP contribution in [-0.4, -0.2) is 40.3 Å². The Hall–Kier alpha value is -2.87. The van der Waals surface area contributed by atoms with Gasteiger partial charge in [-0.2, -0.15) is 0 Å². The van der Waals surface area contributed by atoms with Gasteiger partial charge in [0, 0.05) is 12.1 Å². The average Bonchev–Trinajstić information content (AvgIpc) is 2.66. The molecule has 0 fully saturated rings. The van der Waals surface area contributed by atoms with Gasteiger partial charge in [0.15, 0.2) is 9.84 Å². The average molecular weight is 377 g/mol. The topological polar surface area (TPSA) is 98.8 Å². The first kappa shape index (κ1) is 19.5. The second kappa shape index (κ2) is 8.48. The van der Waals surface area contributed by atoms with Crippen LogP contribution < -0.4 is 10.1 Å². The maximum atomic E-state index is 12.3. The zero-order valence-corrected chi connectivity index (χ0v) is 15.2. The number of benzene rings is 2. The van der Waals surface area contributed by atoms with Crippen molar-refractivity contribution in [3.63, 3.8) is 0 Å². The van der Waals surface area contributed by atoms with Crippen molar-refractivity contribution in [3.05, 3.63) is 54.1 Å². The Kier molecular flexibility index (Phi) is 6.35. The minimum absolute atomic E-state index is 0.133. The third-order valence-electron chi connectivity index (χ3n) is 3.61. The molecule has 2 aromatic rings. The fraction of sp³-hybridized carbons (Fsp3) is 0.222. The summed E-state index contributed by atoms with van der Waals surface area (Å²) in [6.07, 6.45) is -0.187. The van der Waals surface area contributed by atoms with Crippen molar-refractivity contribution in [2.75, 3.05) is 25.3 Å². The highest BCUT2D eigenvalue weighted by atomic mass is 32.2. The second-order valence-corrected chi connectivity index (χ2v) is 7.47. The quantitative estimate of drug-likeness (QED) is 0.743. The Morgan fingerprint density at radius 1 is 0.962 bits per heavy atom. The van der Waals surface area contributed by atoms with E-state index in [1.807, 2.05) is 0 Å². The van der Waals surface area contributed by atoms with Gasteiger partial charge in [-0.15, -0.1) is 0 Å². The van der Waals surface area contributed by atoms with Crippen LogP contribution >= 0.6 is 0 Å². The van der Waals surface area contributed by atoms with E-state index in [0.717, 1.165) is 0 Å². The molecular formula is C18H19NO6S. The lowest BCUT2D eigenvalue weighted by Gasteiger charge is -2.08. The summed E-state index contributed by atoms with van der Waals surface area (Å²) in [6.45, 7) is 0. The molecule has 0 aliphatic rings. The Morgan fingerprint density at radius 3 is 2.12 bits per heavy atom. The molecule has 2 rings (SSSR count). The van der Waals surface area contributed by atoms with Crippen LogP contribution in [0.2, 0.25) is 0 Å². The lowest BCUT2D eigenvalue weighted by atomic mass is 10.2. The van der Waals surface area contributed by atoms with Crippen molar-refractivity contribution in [3.8, 4) is 5.75 Å². The molecule has 26 heavy (non-hydrogen) atoms. The molecule has 0 radical (unpaired) electrons. The van der Waals surface area contributed by atoms with Crippen LogP contribution in [0.15, 0.2) is 53.4 Å². The molecule has 0 heterocycles. The van der Waals surface area contributed by atoms with Crippen molar-refractivity contribution >= 4 is 27.4 Å². The number of rotatable bonds is 7. The van der Waals surface area contributed by atoms with Crippen LogP contribution in [0.1, 0.15) is 16.8 Å². The molecule has 0 unspecified atom stereocenters. The maximum absolute atomic E-state index is 12.3. The predicted molar refractivity (Wildman–Crippen MR) is 96.1 cm³/mol. The largest absolute Gasteiger partial charge is 0.497 e. The van der Waals surface area contributed by atoms with Gasteiger partial charge in [0.25, 0.3) is 0 Å². The number of esters is 1. The van der Waals surface area contributed by atoms with E-state index in [2.05, 4.69) is 10.1 Å². The number of methoxy groups -OCH3 is 2. The van der Waals surface area contributed by atoms with Crippen LogP contribution in [0.4, 0.5) is 5.69 Å². The molecule has 8 heteroatoms. The molecule has 0 atom stereocenters. The number of hydrogen-bond acceptors (Lipinski definition) is 6. The predicted octanol–water partition coefficient (Wildman–Crippen LogP) is 2.28. The Balaban J connectivity index is 1.93. The molecular weight excluding hydrogens is 358 g/mol. The summed E-state index contributed by atoms with van der Waals surface area (Å²) in [6, 6.07) is 12.1. The Morgan fingerprint density at radius 2 is 1.58 bits per heavy atom. The highest BCUT2D eigenvalue weighted by Gasteiger charge is 2.17. The molecule has 0 aliphatic heterocycles. The highest BCUT2D eigenvalue weighted by molar-refractivity contribution is 7.91. The van der Waals surface area contributed by atoms with Gasteiger partial charge in [0.1, 0.15) is 5.75 Å². The molecule has 138 valence electrons. The number of nitrogens with one attached hydrogen (secondary N) is 1. The normalized spacial score (nSPS) is 10.8. The van der Waals surface area contributed by atoms with Crippen LogP contribution in [0, 0.1) is 0 Å². The van der Waals surface area contributed by atoms with Crippen molar-refractivity contribution in [1.29, 1.82) is 0 Å². The van der Waals surface area contributed by atoms with Crippen molar-refractivity contribution in [2.24, 2.45) is 0 Å². The van der Waals surface area contributed by atoms with Crippen LogP contribution in [0.3, 0.4) is 0 Å². The van der Waals surface area contributed by atoms with Gasteiger partial charge in [0.2, 0.25) is 5.91 Å². The van der Waals surface area contributed by atoms with E-state index < -0.39 is 21.7 Å². The van der Waals surface area contributed by atoms with Gasteiger partial charge < -0.3 is 14.8 Å². The van der Waals surface area contributed by atoms with Gasteiger partial charge in [-0.25, -0.2) is 13.2 Å². The van der Waals surface area contributed by atoms with Crippen LogP contribution in [0.5, 0.6) is 5.75 Å². The van der Waals surface area contributed by atoms with Gasteiger partial charge in [-0.3, -0.25) is 4.79 Å². The van der Waals surface area contributed by atoms with Gasteiger partial charge >= 0.3 is 5.97 Å². The minimum atomic E-state index is -3.57. The number of anilines is 1. The second-order valence-electron chi connectivity index (χ2n) is 5.36. The molecule has 0 saturated carbocycles. The number of amides is 1. The number of carbonyl (C=O) groups excluding carboxylic acids is 2. The van der Waals surface area contributed by atoms with Gasteiger partial charge in [0.05, 0.1) is 30.4 Å². The van der Waals surface area contributed by atoms with E-state index in [1.165, 1.54) is 38.5 Å². The molecule has 0 spiro atoms. The number of sulfone groups is 1. The van der Waals surface area contributed by atoms with E-state index >= 15 is 0 Å². The summed E-state index contributed by atoms with van der Waals surface area (Å²) in [5.41, 5.74) is 0.817. The van der Waals surface area contributed by atoms with E-state index in [0.29, 0.717) is 17.0 Å². The van der Waals surface area contributed by atoms with E-state index in [9.17, 15) is 18.0 Å².